The van der Waals surface area contributed by atoms with Crippen LogP contribution < -0.4 is 10.6 Å². The Morgan fingerprint density at radius 2 is 1.76 bits per heavy atom. The molecule has 38 heavy (non-hydrogen) atoms. The van der Waals surface area contributed by atoms with Crippen molar-refractivity contribution in [3.8, 4) is 34.1 Å². The summed E-state index contributed by atoms with van der Waals surface area (Å²) in [5.41, 5.74) is 10.2. The molecule has 2 fully saturated rings. The highest BCUT2D eigenvalue weighted by Crippen LogP contribution is 2.48. The minimum atomic E-state index is -0.661. The summed E-state index contributed by atoms with van der Waals surface area (Å²) in [6.07, 6.45) is 7.55. The monoisotopic (exact) mass is 513 g/mol. The first-order valence-electron chi connectivity index (χ1n) is 13.1. The molecule has 2 aromatic heterocycles. The van der Waals surface area contributed by atoms with Crippen LogP contribution in [0.15, 0.2) is 48.8 Å². The fourth-order valence-electron chi connectivity index (χ4n) is 5.74. The number of phenols is 1. The lowest BCUT2D eigenvalue weighted by atomic mass is 9.95. The summed E-state index contributed by atoms with van der Waals surface area (Å²) in [5.74, 6) is -0.882. The lowest BCUT2D eigenvalue weighted by Gasteiger charge is -2.34. The van der Waals surface area contributed by atoms with Gasteiger partial charge in [-0.15, -0.1) is 0 Å². The first-order valence-corrected chi connectivity index (χ1v) is 13.1. The smallest absolute Gasteiger partial charge is 0.142 e. The van der Waals surface area contributed by atoms with Gasteiger partial charge >= 0.3 is 0 Å². The van der Waals surface area contributed by atoms with E-state index in [4.69, 9.17) is 10.7 Å². The third kappa shape index (κ3) is 4.17. The fraction of sp³-hybridized carbons (Fsp3) is 0.333. The number of nitrogens with zero attached hydrogens (tertiary/aromatic N) is 4. The van der Waals surface area contributed by atoms with Gasteiger partial charge in [0.1, 0.15) is 29.1 Å². The van der Waals surface area contributed by atoms with Crippen LogP contribution in [0.3, 0.4) is 0 Å². The quantitative estimate of drug-likeness (QED) is 0.335. The zero-order valence-corrected chi connectivity index (χ0v) is 21.2. The highest BCUT2D eigenvalue weighted by Gasteiger charge is 2.33. The number of benzene rings is 2. The first kappa shape index (κ1) is 24.4. The third-order valence-electron chi connectivity index (χ3n) is 8.03. The van der Waals surface area contributed by atoms with Crippen LogP contribution in [0, 0.1) is 28.9 Å². The van der Waals surface area contributed by atoms with E-state index < -0.39 is 11.6 Å². The highest BCUT2D eigenvalue weighted by atomic mass is 19.1. The van der Waals surface area contributed by atoms with Crippen molar-refractivity contribution in [1.29, 1.82) is 5.26 Å². The molecule has 0 spiro atoms. The number of pyridine rings is 1. The number of anilines is 1. The Hall–Kier alpha value is -3.96. The zero-order chi connectivity index (χ0) is 26.6. The van der Waals surface area contributed by atoms with Crippen LogP contribution in [0.1, 0.15) is 44.2 Å². The molecule has 1 saturated carbocycles. The molecule has 2 aromatic carbocycles. The van der Waals surface area contributed by atoms with E-state index in [2.05, 4.69) is 22.5 Å². The maximum atomic E-state index is 14.4. The van der Waals surface area contributed by atoms with E-state index >= 15 is 0 Å². The Labute approximate surface area is 219 Å². The molecule has 0 amide bonds. The van der Waals surface area contributed by atoms with Gasteiger partial charge in [0, 0.05) is 60.3 Å². The van der Waals surface area contributed by atoms with E-state index in [1.165, 1.54) is 12.1 Å². The van der Waals surface area contributed by atoms with E-state index in [0.29, 0.717) is 35.7 Å². The molecule has 0 bridgehead atoms. The predicted molar refractivity (Wildman–Crippen MR) is 144 cm³/mol. The van der Waals surface area contributed by atoms with E-state index in [1.807, 2.05) is 6.20 Å². The Kier molecular flexibility index (Phi) is 6.04. The summed E-state index contributed by atoms with van der Waals surface area (Å²) < 4.78 is 30.9. The van der Waals surface area contributed by atoms with Gasteiger partial charge in [0.15, 0.2) is 0 Å². The van der Waals surface area contributed by atoms with Crippen molar-refractivity contribution in [3.63, 3.8) is 0 Å². The molecule has 1 aliphatic heterocycles. The Morgan fingerprint density at radius 3 is 2.42 bits per heavy atom. The van der Waals surface area contributed by atoms with Crippen molar-refractivity contribution < 1.29 is 13.9 Å². The number of hydrogen-bond acceptors (Lipinski definition) is 5. The van der Waals surface area contributed by atoms with Crippen LogP contribution in [-0.2, 0) is 0 Å². The van der Waals surface area contributed by atoms with Gasteiger partial charge in [-0.3, -0.25) is 0 Å². The van der Waals surface area contributed by atoms with Gasteiger partial charge in [0.25, 0.3) is 0 Å². The minimum Gasteiger partial charge on any atom is -0.506 e. The molecule has 1 unspecified atom stereocenters. The van der Waals surface area contributed by atoms with Crippen molar-refractivity contribution in [2.45, 2.75) is 44.7 Å². The van der Waals surface area contributed by atoms with Crippen LogP contribution in [0.2, 0.25) is 0 Å². The fourth-order valence-corrected chi connectivity index (χ4v) is 5.74. The molecule has 3 heterocycles. The number of nitrogens with two attached hydrogens (primary N) is 1. The molecular weight excluding hydrogens is 484 g/mol. The molecule has 1 aliphatic carbocycles. The lowest BCUT2D eigenvalue weighted by Crippen LogP contribution is -2.40. The molecule has 0 radical (unpaired) electrons. The Balaban J connectivity index is 1.69. The number of fused-ring (bicyclic) bond motifs is 1. The van der Waals surface area contributed by atoms with Crippen molar-refractivity contribution in [3.05, 3.63) is 66.0 Å². The normalized spacial score (nSPS) is 17.1. The third-order valence-corrected chi connectivity index (χ3v) is 8.03. The summed E-state index contributed by atoms with van der Waals surface area (Å²) in [6.45, 7) is 3.53. The summed E-state index contributed by atoms with van der Waals surface area (Å²) in [6, 6.07) is 11.0. The second-order valence-corrected chi connectivity index (χ2v) is 10.5. The molecule has 3 N–H and O–H groups in total. The number of nitriles is 1. The standard InChI is InChI=1S/C30H29F2N5O/c1-17(18-5-6-18)37-16-26(24-4-2-3-19(14-33)29(24)38)27-28(36-9-7-23(34)8-10-36)25(15-35-30(27)37)20-11-21(31)13-22(32)12-20/h2-4,11-13,15-18,23,38H,5-10,34H2,1H3. The number of hydrogen-bond donors (Lipinski definition) is 2. The van der Waals surface area contributed by atoms with Gasteiger partial charge in [-0.25, -0.2) is 13.8 Å². The van der Waals surface area contributed by atoms with Crippen LogP contribution in [0.4, 0.5) is 14.5 Å². The number of aromatic nitrogens is 2. The second-order valence-electron chi connectivity index (χ2n) is 10.5. The highest BCUT2D eigenvalue weighted by molar-refractivity contribution is 6.09. The van der Waals surface area contributed by atoms with E-state index in [9.17, 15) is 19.1 Å². The molecule has 6 rings (SSSR count). The topological polar surface area (TPSA) is 91.1 Å². The molecule has 194 valence electrons. The number of aromatic hydroxyl groups is 1. The molecule has 4 aromatic rings. The minimum absolute atomic E-state index is 0.0916. The van der Waals surface area contributed by atoms with Crippen molar-refractivity contribution >= 4 is 16.7 Å². The molecule has 1 atom stereocenters. The SMILES string of the molecule is CC(C1CC1)n1cc(-c2cccc(C#N)c2O)c2c(N3CCC(N)CC3)c(-c3cc(F)cc(F)c3)cnc21. The van der Waals surface area contributed by atoms with Crippen molar-refractivity contribution in [1.82, 2.24) is 9.55 Å². The number of piperidine rings is 1. The number of halogens is 2. The van der Waals surface area contributed by atoms with Gasteiger partial charge in [0.05, 0.1) is 16.6 Å². The first-order chi connectivity index (χ1) is 18.4. The predicted octanol–water partition coefficient (Wildman–Crippen LogP) is 6.12. The molecule has 1 saturated heterocycles. The van der Waals surface area contributed by atoms with E-state index in [0.717, 1.165) is 54.0 Å². The van der Waals surface area contributed by atoms with Gasteiger partial charge < -0.3 is 20.3 Å². The summed E-state index contributed by atoms with van der Waals surface area (Å²) in [4.78, 5) is 7.07. The largest absolute Gasteiger partial charge is 0.506 e. The van der Waals surface area contributed by atoms with E-state index in [-0.39, 0.29) is 23.4 Å². The van der Waals surface area contributed by atoms with Crippen LogP contribution >= 0.6 is 0 Å². The van der Waals surface area contributed by atoms with Gasteiger partial charge in [-0.05, 0) is 62.3 Å². The molecular formula is C30H29F2N5O. The van der Waals surface area contributed by atoms with Crippen LogP contribution in [0.5, 0.6) is 5.75 Å². The molecule has 2 aliphatic rings. The van der Waals surface area contributed by atoms with Gasteiger partial charge in [-0.1, -0.05) is 12.1 Å². The number of phenolic OH excluding ortho intramolecular Hbond substituents is 1. The van der Waals surface area contributed by atoms with Crippen LogP contribution in [-0.4, -0.2) is 33.8 Å². The van der Waals surface area contributed by atoms with Crippen molar-refractivity contribution in [2.24, 2.45) is 11.7 Å². The Morgan fingerprint density at radius 1 is 1.05 bits per heavy atom. The second kappa shape index (κ2) is 9.41. The van der Waals surface area contributed by atoms with Gasteiger partial charge in [0.2, 0.25) is 0 Å². The van der Waals surface area contributed by atoms with Crippen LogP contribution in [0.25, 0.3) is 33.3 Å². The average Bonchev–Trinajstić information content (AvgIpc) is 3.68. The molecule has 6 nitrogen and oxygen atoms in total. The van der Waals surface area contributed by atoms with E-state index in [1.54, 1.807) is 24.4 Å². The van der Waals surface area contributed by atoms with Gasteiger partial charge in [-0.2, -0.15) is 5.26 Å². The summed E-state index contributed by atoms with van der Waals surface area (Å²) >= 11 is 0. The number of para-hydroxylation sites is 1. The zero-order valence-electron chi connectivity index (χ0n) is 21.2. The molecule has 8 heteroatoms. The average molecular weight is 514 g/mol. The summed E-state index contributed by atoms with van der Waals surface area (Å²) in [7, 11) is 0. The maximum Gasteiger partial charge on any atom is 0.142 e. The summed E-state index contributed by atoms with van der Waals surface area (Å²) in [5, 5.41) is 21.5. The number of rotatable bonds is 5. The Bertz CT molecular complexity index is 1560. The maximum absolute atomic E-state index is 14.4. The lowest BCUT2D eigenvalue weighted by molar-refractivity contribution is 0.475. The van der Waals surface area contributed by atoms with Crippen molar-refractivity contribution in [2.75, 3.05) is 18.0 Å².